The molecule has 3 aromatic rings. The number of nitrogens with zero attached hydrogens (tertiary/aromatic N) is 3. The van der Waals surface area contributed by atoms with Crippen LogP contribution >= 0.6 is 0 Å². The molecule has 0 radical (unpaired) electrons. The van der Waals surface area contributed by atoms with Gasteiger partial charge in [-0.1, -0.05) is 57.2 Å². The second-order valence-corrected chi connectivity index (χ2v) is 9.12. The van der Waals surface area contributed by atoms with Gasteiger partial charge >= 0.3 is 0 Å². The summed E-state index contributed by atoms with van der Waals surface area (Å²) in [6.45, 7) is 7.06. The van der Waals surface area contributed by atoms with Crippen LogP contribution in [0, 0.1) is 0 Å². The lowest BCUT2D eigenvalue weighted by molar-refractivity contribution is 0.354. The van der Waals surface area contributed by atoms with Crippen molar-refractivity contribution in [3.8, 4) is 0 Å². The topological polar surface area (TPSA) is 19.4 Å². The molecule has 0 saturated carbocycles. The molecule has 2 unspecified atom stereocenters. The van der Waals surface area contributed by atoms with Gasteiger partial charge in [-0.05, 0) is 66.0 Å². The summed E-state index contributed by atoms with van der Waals surface area (Å²) in [5.41, 5.74) is 8.60. The Bertz CT molecular complexity index is 1130. The number of para-hydroxylation sites is 2. The molecule has 2 aromatic carbocycles. The van der Waals surface area contributed by atoms with E-state index in [1.165, 1.54) is 53.0 Å². The van der Waals surface area contributed by atoms with Crippen molar-refractivity contribution in [1.82, 2.24) is 4.98 Å². The fourth-order valence-electron chi connectivity index (χ4n) is 6.35. The number of aromatic nitrogens is 1. The van der Waals surface area contributed by atoms with Gasteiger partial charge in [-0.2, -0.15) is 0 Å². The summed E-state index contributed by atoms with van der Waals surface area (Å²) in [7, 11) is 0. The Balaban J connectivity index is 1.64. The molecule has 152 valence electrons. The van der Waals surface area contributed by atoms with Crippen LogP contribution in [0.4, 0.5) is 22.9 Å². The third-order valence-corrected chi connectivity index (χ3v) is 8.10. The minimum absolute atomic E-state index is 0.237. The molecule has 0 bridgehead atoms. The summed E-state index contributed by atoms with van der Waals surface area (Å²) >= 11 is 0. The maximum absolute atomic E-state index is 4.97. The van der Waals surface area contributed by atoms with E-state index in [0.29, 0.717) is 5.92 Å². The van der Waals surface area contributed by atoms with E-state index >= 15 is 0 Å². The normalized spacial score (nSPS) is 22.6. The zero-order chi connectivity index (χ0) is 20.5. The van der Waals surface area contributed by atoms with Crippen LogP contribution in [0.3, 0.4) is 0 Å². The second-order valence-electron chi connectivity index (χ2n) is 9.12. The third kappa shape index (κ3) is 2.13. The van der Waals surface area contributed by atoms with E-state index in [4.69, 9.17) is 4.98 Å². The van der Waals surface area contributed by atoms with E-state index < -0.39 is 0 Å². The van der Waals surface area contributed by atoms with Gasteiger partial charge in [-0.25, -0.2) is 4.98 Å². The van der Waals surface area contributed by atoms with Crippen LogP contribution in [0.15, 0.2) is 60.8 Å². The molecular weight excluding hydrogens is 366 g/mol. The number of hydrogen-bond donors (Lipinski definition) is 0. The molecule has 0 N–H and O–H groups in total. The maximum atomic E-state index is 4.97. The predicted octanol–water partition coefficient (Wildman–Crippen LogP) is 7.01. The van der Waals surface area contributed by atoms with Crippen molar-refractivity contribution < 1.29 is 0 Å². The third-order valence-electron chi connectivity index (χ3n) is 8.10. The highest BCUT2D eigenvalue weighted by molar-refractivity contribution is 5.92. The minimum atomic E-state index is 0.237. The Morgan fingerprint density at radius 3 is 2.43 bits per heavy atom. The van der Waals surface area contributed by atoms with Crippen molar-refractivity contribution in [3.63, 3.8) is 0 Å². The lowest BCUT2D eigenvalue weighted by Gasteiger charge is -2.37. The summed E-state index contributed by atoms with van der Waals surface area (Å²) in [5.74, 6) is 1.52. The summed E-state index contributed by atoms with van der Waals surface area (Å²) in [6.07, 6.45) is 6.98. The standard InChI is InChI=1S/C27H29N3/c1-4-27(5-2)16-14-24-29-22-12-8-6-10-19(22)18(3)20-15-17-28-26(25(20)29)30(24)23-13-9-7-11-21(23)27/h6-13,15,17-18,24H,4-5,14,16H2,1-3H3. The number of rotatable bonds is 2. The number of anilines is 4. The van der Waals surface area contributed by atoms with E-state index in [0.717, 1.165) is 12.2 Å². The first-order valence-electron chi connectivity index (χ1n) is 11.5. The second kappa shape index (κ2) is 6.34. The van der Waals surface area contributed by atoms with Gasteiger partial charge in [0, 0.05) is 23.5 Å². The van der Waals surface area contributed by atoms with Gasteiger partial charge in [0.1, 0.15) is 6.17 Å². The molecule has 3 aliphatic rings. The van der Waals surface area contributed by atoms with Gasteiger partial charge in [0.15, 0.2) is 5.82 Å². The van der Waals surface area contributed by atoms with Crippen LogP contribution in [0.25, 0.3) is 0 Å². The van der Waals surface area contributed by atoms with E-state index in [1.807, 2.05) is 6.20 Å². The van der Waals surface area contributed by atoms with Gasteiger partial charge in [-0.3, -0.25) is 0 Å². The van der Waals surface area contributed by atoms with Gasteiger partial charge in [-0.15, -0.1) is 0 Å². The number of fused-ring (bicyclic) bond motifs is 7. The van der Waals surface area contributed by atoms with Gasteiger partial charge in [0.05, 0.1) is 5.69 Å². The Kier molecular flexibility index (Phi) is 3.80. The fraction of sp³-hybridized carbons (Fsp3) is 0.370. The average Bonchev–Trinajstić information content (AvgIpc) is 3.05. The van der Waals surface area contributed by atoms with Crippen LogP contribution in [-0.2, 0) is 5.41 Å². The smallest absolute Gasteiger partial charge is 0.159 e. The van der Waals surface area contributed by atoms with Crippen LogP contribution < -0.4 is 9.80 Å². The Morgan fingerprint density at radius 2 is 1.63 bits per heavy atom. The fourth-order valence-corrected chi connectivity index (χ4v) is 6.35. The van der Waals surface area contributed by atoms with Crippen molar-refractivity contribution in [2.75, 3.05) is 9.80 Å². The molecule has 0 saturated heterocycles. The molecule has 4 heterocycles. The van der Waals surface area contributed by atoms with Crippen LogP contribution in [-0.4, -0.2) is 11.1 Å². The zero-order valence-corrected chi connectivity index (χ0v) is 18.1. The SMILES string of the molecule is CCC1(CC)CCC2N(c3ccccc31)c1nccc3c1N2c1ccccc1C3C. The number of benzene rings is 2. The molecule has 2 atom stereocenters. The quantitative estimate of drug-likeness (QED) is 0.465. The number of hydrogen-bond acceptors (Lipinski definition) is 3. The molecule has 0 fully saturated rings. The summed E-state index contributed by atoms with van der Waals surface area (Å²) < 4.78 is 0. The Morgan fingerprint density at radius 1 is 0.900 bits per heavy atom. The molecule has 3 nitrogen and oxygen atoms in total. The molecule has 0 spiro atoms. The minimum Gasteiger partial charge on any atom is -0.316 e. The van der Waals surface area contributed by atoms with Crippen molar-refractivity contribution in [3.05, 3.63) is 77.5 Å². The summed E-state index contributed by atoms with van der Waals surface area (Å²) in [4.78, 5) is 10.1. The largest absolute Gasteiger partial charge is 0.316 e. The van der Waals surface area contributed by atoms with E-state index in [-0.39, 0.29) is 11.6 Å². The molecule has 3 aliphatic heterocycles. The molecular formula is C27H29N3. The highest BCUT2D eigenvalue weighted by Gasteiger charge is 2.48. The van der Waals surface area contributed by atoms with E-state index in [1.54, 1.807) is 0 Å². The Hall–Kier alpha value is -2.81. The maximum Gasteiger partial charge on any atom is 0.159 e. The van der Waals surface area contributed by atoms with Crippen molar-refractivity contribution in [2.24, 2.45) is 0 Å². The average molecular weight is 396 g/mol. The summed E-state index contributed by atoms with van der Waals surface area (Å²) in [6, 6.07) is 20.3. The van der Waals surface area contributed by atoms with Gasteiger partial charge < -0.3 is 9.80 Å². The first-order valence-corrected chi connectivity index (χ1v) is 11.5. The molecule has 3 heteroatoms. The van der Waals surface area contributed by atoms with E-state index in [9.17, 15) is 0 Å². The molecule has 1 aromatic heterocycles. The molecule has 0 amide bonds. The van der Waals surface area contributed by atoms with Crippen LogP contribution in [0.2, 0.25) is 0 Å². The highest BCUT2D eigenvalue weighted by atomic mass is 15.5. The van der Waals surface area contributed by atoms with E-state index in [2.05, 4.69) is 85.2 Å². The molecule has 0 aliphatic carbocycles. The number of pyridine rings is 1. The lowest BCUT2D eigenvalue weighted by atomic mass is 9.72. The highest BCUT2D eigenvalue weighted by Crippen LogP contribution is 2.59. The molecule has 6 rings (SSSR count). The lowest BCUT2D eigenvalue weighted by Crippen LogP contribution is -2.39. The Labute approximate surface area is 179 Å². The molecule has 30 heavy (non-hydrogen) atoms. The predicted molar refractivity (Wildman–Crippen MR) is 124 cm³/mol. The van der Waals surface area contributed by atoms with Crippen LogP contribution in [0.5, 0.6) is 0 Å². The van der Waals surface area contributed by atoms with Gasteiger partial charge in [0.2, 0.25) is 0 Å². The summed E-state index contributed by atoms with van der Waals surface area (Å²) in [5, 5.41) is 0. The van der Waals surface area contributed by atoms with Crippen LogP contribution in [0.1, 0.15) is 69.1 Å². The monoisotopic (exact) mass is 395 g/mol. The first-order chi connectivity index (χ1) is 14.7. The zero-order valence-electron chi connectivity index (χ0n) is 18.1. The van der Waals surface area contributed by atoms with Crippen molar-refractivity contribution >= 4 is 22.9 Å². The van der Waals surface area contributed by atoms with Crippen molar-refractivity contribution in [2.45, 2.75) is 64.0 Å². The first kappa shape index (κ1) is 18.0. The van der Waals surface area contributed by atoms with Gasteiger partial charge in [0.25, 0.3) is 0 Å². The van der Waals surface area contributed by atoms with Crippen molar-refractivity contribution in [1.29, 1.82) is 0 Å².